The van der Waals surface area contributed by atoms with Crippen molar-refractivity contribution in [3.05, 3.63) is 12.3 Å². The molecule has 0 aromatic carbocycles. The molecule has 1 N–H and O–H groups in total. The zero-order chi connectivity index (χ0) is 5.28. The SMILES string of the molecule is CN1C=CC(I)N1. The zero-order valence-electron chi connectivity index (χ0n) is 4.06. The topological polar surface area (TPSA) is 15.3 Å². The van der Waals surface area contributed by atoms with Gasteiger partial charge in [-0.1, -0.05) is 22.6 Å². The first-order valence-electron chi connectivity index (χ1n) is 2.10. The summed E-state index contributed by atoms with van der Waals surface area (Å²) >= 11 is 2.31. The first-order valence-corrected chi connectivity index (χ1v) is 3.35. The van der Waals surface area contributed by atoms with Crippen LogP contribution in [0.4, 0.5) is 0 Å². The second-order valence-electron chi connectivity index (χ2n) is 1.48. The van der Waals surface area contributed by atoms with Gasteiger partial charge in [0, 0.05) is 13.2 Å². The third-order valence-corrected chi connectivity index (χ3v) is 1.50. The van der Waals surface area contributed by atoms with Gasteiger partial charge in [0.15, 0.2) is 0 Å². The molecule has 0 saturated heterocycles. The van der Waals surface area contributed by atoms with Crippen molar-refractivity contribution in [2.75, 3.05) is 7.05 Å². The average molecular weight is 210 g/mol. The third kappa shape index (κ3) is 1.31. The van der Waals surface area contributed by atoms with Gasteiger partial charge in [-0.2, -0.15) is 0 Å². The second kappa shape index (κ2) is 2.00. The van der Waals surface area contributed by atoms with Crippen molar-refractivity contribution in [1.29, 1.82) is 0 Å². The molecule has 3 heteroatoms. The van der Waals surface area contributed by atoms with Crippen molar-refractivity contribution in [2.24, 2.45) is 0 Å². The lowest BCUT2D eigenvalue weighted by molar-refractivity contribution is 0.368. The fraction of sp³-hybridized carbons (Fsp3) is 0.500. The Morgan fingerprint density at radius 2 is 2.57 bits per heavy atom. The van der Waals surface area contributed by atoms with E-state index in [2.05, 4.69) is 34.1 Å². The van der Waals surface area contributed by atoms with E-state index < -0.39 is 0 Å². The van der Waals surface area contributed by atoms with E-state index in [1.165, 1.54) is 0 Å². The van der Waals surface area contributed by atoms with Crippen LogP contribution >= 0.6 is 22.6 Å². The van der Waals surface area contributed by atoms with Crippen LogP contribution in [-0.4, -0.2) is 16.1 Å². The first-order chi connectivity index (χ1) is 3.29. The summed E-state index contributed by atoms with van der Waals surface area (Å²) in [5, 5.41) is 1.94. The van der Waals surface area contributed by atoms with Gasteiger partial charge in [-0.15, -0.1) is 0 Å². The molecule has 1 rings (SSSR count). The molecule has 1 atom stereocenters. The minimum Gasteiger partial charge on any atom is -0.318 e. The van der Waals surface area contributed by atoms with Crippen LogP contribution in [0.25, 0.3) is 0 Å². The van der Waals surface area contributed by atoms with Crippen LogP contribution in [0.5, 0.6) is 0 Å². The van der Waals surface area contributed by atoms with E-state index in [0.717, 1.165) is 0 Å². The van der Waals surface area contributed by atoms with Crippen molar-refractivity contribution in [2.45, 2.75) is 4.05 Å². The molecule has 0 fully saturated rings. The molecule has 0 spiro atoms. The Morgan fingerprint density at radius 3 is 2.71 bits per heavy atom. The largest absolute Gasteiger partial charge is 0.318 e. The lowest BCUT2D eigenvalue weighted by atomic mass is 10.7. The molecule has 1 aliphatic rings. The quantitative estimate of drug-likeness (QED) is 0.360. The third-order valence-electron chi connectivity index (χ3n) is 0.806. The van der Waals surface area contributed by atoms with E-state index in [9.17, 15) is 0 Å². The van der Waals surface area contributed by atoms with Gasteiger partial charge in [0.2, 0.25) is 0 Å². The van der Waals surface area contributed by atoms with Gasteiger partial charge >= 0.3 is 0 Å². The summed E-state index contributed by atoms with van der Waals surface area (Å²) in [5.41, 5.74) is 3.13. The summed E-state index contributed by atoms with van der Waals surface area (Å²) in [6.45, 7) is 0. The molecule has 1 unspecified atom stereocenters. The highest BCUT2D eigenvalue weighted by atomic mass is 127. The zero-order valence-corrected chi connectivity index (χ0v) is 6.21. The second-order valence-corrected chi connectivity index (χ2v) is 2.83. The monoisotopic (exact) mass is 210 g/mol. The highest BCUT2D eigenvalue weighted by Gasteiger charge is 2.04. The van der Waals surface area contributed by atoms with Crippen LogP contribution in [0.1, 0.15) is 0 Å². The molecule has 0 aliphatic carbocycles. The van der Waals surface area contributed by atoms with E-state index in [4.69, 9.17) is 0 Å². The van der Waals surface area contributed by atoms with Crippen molar-refractivity contribution in [3.8, 4) is 0 Å². The first kappa shape index (κ1) is 5.37. The summed E-state index contributed by atoms with van der Waals surface area (Å²) in [5.74, 6) is 0. The van der Waals surface area contributed by atoms with Crippen molar-refractivity contribution < 1.29 is 0 Å². The van der Waals surface area contributed by atoms with E-state index in [1.807, 2.05) is 18.3 Å². The Kier molecular flexibility index (Phi) is 1.53. The van der Waals surface area contributed by atoms with Crippen LogP contribution in [0.3, 0.4) is 0 Å². The van der Waals surface area contributed by atoms with Gasteiger partial charge in [-0.3, -0.25) is 0 Å². The molecule has 0 bridgehead atoms. The fourth-order valence-corrected chi connectivity index (χ4v) is 1.11. The van der Waals surface area contributed by atoms with Gasteiger partial charge < -0.3 is 5.01 Å². The van der Waals surface area contributed by atoms with Gasteiger partial charge in [-0.25, -0.2) is 5.43 Å². The van der Waals surface area contributed by atoms with Gasteiger partial charge in [0.05, 0.1) is 4.05 Å². The molecular weight excluding hydrogens is 203 g/mol. The molecule has 0 aromatic rings. The molecule has 1 aliphatic heterocycles. The number of nitrogens with zero attached hydrogens (tertiary/aromatic N) is 1. The van der Waals surface area contributed by atoms with E-state index in [1.54, 1.807) is 0 Å². The highest BCUT2D eigenvalue weighted by Crippen LogP contribution is 2.04. The Hall–Kier alpha value is 0.230. The molecule has 1 heterocycles. The number of halogens is 1. The molecule has 0 aromatic heterocycles. The van der Waals surface area contributed by atoms with Crippen molar-refractivity contribution in [3.63, 3.8) is 0 Å². The molecule has 0 saturated carbocycles. The summed E-state index contributed by atoms with van der Waals surface area (Å²) in [4.78, 5) is 0. The number of hydrogen-bond donors (Lipinski definition) is 1. The number of hydrazine groups is 1. The molecule has 7 heavy (non-hydrogen) atoms. The number of hydrogen-bond acceptors (Lipinski definition) is 2. The Labute approximate surface area is 56.7 Å². The molecule has 40 valence electrons. The number of nitrogens with one attached hydrogen (secondary N) is 1. The summed E-state index contributed by atoms with van der Waals surface area (Å²) in [6, 6.07) is 0. The van der Waals surface area contributed by atoms with Crippen LogP contribution < -0.4 is 5.43 Å². The van der Waals surface area contributed by atoms with E-state index in [-0.39, 0.29) is 0 Å². The average Bonchev–Trinajstić information content (AvgIpc) is 1.87. The maximum Gasteiger partial charge on any atom is 0.0973 e. The minimum absolute atomic E-state index is 0.489. The molecular formula is C4H7IN2. The van der Waals surface area contributed by atoms with Gasteiger partial charge in [0.1, 0.15) is 0 Å². The predicted molar refractivity (Wildman–Crippen MR) is 37.8 cm³/mol. The molecule has 0 amide bonds. The standard InChI is InChI=1S/C4H7IN2/c1-7-3-2-4(5)6-7/h2-4,6H,1H3. The summed E-state index contributed by atoms with van der Waals surface area (Å²) < 4.78 is 0.489. The lowest BCUT2D eigenvalue weighted by Gasteiger charge is -2.08. The van der Waals surface area contributed by atoms with E-state index >= 15 is 0 Å². The van der Waals surface area contributed by atoms with Crippen LogP contribution in [0.15, 0.2) is 12.3 Å². The summed E-state index contributed by atoms with van der Waals surface area (Å²) in [6.07, 6.45) is 4.11. The smallest absolute Gasteiger partial charge is 0.0973 e. The van der Waals surface area contributed by atoms with Crippen molar-refractivity contribution in [1.82, 2.24) is 10.4 Å². The lowest BCUT2D eigenvalue weighted by Crippen LogP contribution is -2.27. The minimum atomic E-state index is 0.489. The summed E-state index contributed by atoms with van der Waals surface area (Å²) in [7, 11) is 1.98. The highest BCUT2D eigenvalue weighted by molar-refractivity contribution is 14.1. The predicted octanol–water partition coefficient (Wildman–Crippen LogP) is 0.711. The van der Waals surface area contributed by atoms with Crippen LogP contribution in [0, 0.1) is 0 Å². The van der Waals surface area contributed by atoms with Crippen LogP contribution in [-0.2, 0) is 0 Å². The Morgan fingerprint density at radius 1 is 1.86 bits per heavy atom. The van der Waals surface area contributed by atoms with Gasteiger partial charge in [0.25, 0.3) is 0 Å². The molecule has 0 radical (unpaired) electrons. The number of rotatable bonds is 0. The van der Waals surface area contributed by atoms with Crippen molar-refractivity contribution >= 4 is 22.6 Å². The molecule has 2 nitrogen and oxygen atoms in total. The maximum atomic E-state index is 3.13. The normalized spacial score (nSPS) is 29.4. The van der Waals surface area contributed by atoms with E-state index in [0.29, 0.717) is 4.05 Å². The van der Waals surface area contributed by atoms with Gasteiger partial charge in [-0.05, 0) is 6.08 Å². The maximum absolute atomic E-state index is 3.13. The fourth-order valence-electron chi connectivity index (χ4n) is 0.485. The Balaban J connectivity index is 2.42. The Bertz CT molecular complexity index is 81.7. The van der Waals surface area contributed by atoms with Crippen LogP contribution in [0.2, 0.25) is 0 Å². The number of alkyl halides is 1.